The third kappa shape index (κ3) is 3.64. The van der Waals surface area contributed by atoms with Crippen LogP contribution in [0.1, 0.15) is 61.1 Å². The summed E-state index contributed by atoms with van der Waals surface area (Å²) < 4.78 is 1.69. The van der Waals surface area contributed by atoms with Crippen molar-refractivity contribution in [1.82, 2.24) is 29.7 Å². The Hall–Kier alpha value is -2.97. The Morgan fingerprint density at radius 1 is 1.10 bits per heavy atom. The maximum absolute atomic E-state index is 13.4. The monoisotopic (exact) mass is 412 g/mol. The van der Waals surface area contributed by atoms with Crippen LogP contribution in [0.2, 0.25) is 0 Å². The minimum Gasteiger partial charge on any atom is -0.355 e. The second kappa shape index (κ2) is 8.41. The fourth-order valence-electron chi connectivity index (χ4n) is 4.64. The summed E-state index contributed by atoms with van der Waals surface area (Å²) in [7, 11) is 1.58. The van der Waals surface area contributed by atoms with Gasteiger partial charge in [0.05, 0.1) is 17.9 Å². The summed E-state index contributed by atoms with van der Waals surface area (Å²) in [5, 5.41) is 7.02. The Morgan fingerprint density at radius 3 is 2.57 bits per heavy atom. The lowest BCUT2D eigenvalue weighted by Crippen LogP contribution is -2.46. The highest BCUT2D eigenvalue weighted by atomic mass is 16.2. The molecule has 0 bridgehead atoms. The van der Waals surface area contributed by atoms with Gasteiger partial charge in [0, 0.05) is 45.7 Å². The molecule has 2 aliphatic heterocycles. The maximum atomic E-state index is 13.4. The van der Waals surface area contributed by atoms with Gasteiger partial charge in [-0.05, 0) is 38.2 Å². The minimum atomic E-state index is -0.233. The van der Waals surface area contributed by atoms with Crippen LogP contribution in [0.25, 0.3) is 5.65 Å². The van der Waals surface area contributed by atoms with E-state index in [1.807, 2.05) is 15.9 Å². The molecule has 4 heterocycles. The summed E-state index contributed by atoms with van der Waals surface area (Å²) in [6.45, 7) is 3.56. The highest BCUT2D eigenvalue weighted by molar-refractivity contribution is 5.99. The van der Waals surface area contributed by atoms with Gasteiger partial charge < -0.3 is 15.1 Å². The van der Waals surface area contributed by atoms with Gasteiger partial charge in [0.1, 0.15) is 5.56 Å². The number of hydrogen-bond donors (Lipinski definition) is 1. The van der Waals surface area contributed by atoms with Crippen molar-refractivity contribution in [3.05, 3.63) is 29.7 Å². The Kier molecular flexibility index (Phi) is 5.69. The lowest BCUT2D eigenvalue weighted by molar-refractivity contribution is -0.143. The Labute approximate surface area is 175 Å². The van der Waals surface area contributed by atoms with E-state index in [9.17, 15) is 14.4 Å². The molecule has 2 aliphatic rings. The zero-order chi connectivity index (χ0) is 21.3. The molecule has 2 fully saturated rings. The first kappa shape index (κ1) is 20.3. The van der Waals surface area contributed by atoms with E-state index in [0.29, 0.717) is 43.7 Å². The molecular weight excluding hydrogens is 384 g/mol. The Morgan fingerprint density at radius 2 is 1.87 bits per heavy atom. The number of nitrogens with one attached hydrogen (secondary N) is 1. The SMILES string of the molecule is CNC(=O)c1cnn2c([C@H]3CCCCN3C(=O)C3CCN(C(C)=O)CC3)ccnc12. The van der Waals surface area contributed by atoms with Crippen molar-refractivity contribution in [1.29, 1.82) is 0 Å². The molecule has 0 radical (unpaired) electrons. The number of fused-ring (bicyclic) bond motifs is 1. The molecule has 9 nitrogen and oxygen atoms in total. The molecule has 0 aromatic carbocycles. The van der Waals surface area contributed by atoms with Gasteiger partial charge in [-0.2, -0.15) is 5.10 Å². The van der Waals surface area contributed by atoms with Crippen molar-refractivity contribution in [3.63, 3.8) is 0 Å². The van der Waals surface area contributed by atoms with E-state index in [-0.39, 0.29) is 29.7 Å². The third-order valence-corrected chi connectivity index (χ3v) is 6.32. The predicted octanol–water partition coefficient (Wildman–Crippen LogP) is 1.40. The molecule has 30 heavy (non-hydrogen) atoms. The van der Waals surface area contributed by atoms with Gasteiger partial charge in [0.25, 0.3) is 5.91 Å². The molecule has 2 aromatic rings. The number of aromatic nitrogens is 3. The zero-order valence-corrected chi connectivity index (χ0v) is 17.5. The van der Waals surface area contributed by atoms with Gasteiger partial charge in [-0.1, -0.05) is 0 Å². The van der Waals surface area contributed by atoms with E-state index in [0.717, 1.165) is 25.0 Å². The Balaban J connectivity index is 1.60. The molecule has 1 N–H and O–H groups in total. The first-order chi connectivity index (χ1) is 14.5. The molecule has 1 atom stereocenters. The normalized spacial score (nSPS) is 20.4. The average Bonchev–Trinajstić information content (AvgIpc) is 3.22. The number of nitrogens with zero attached hydrogens (tertiary/aromatic N) is 5. The minimum absolute atomic E-state index is 0.0578. The summed E-state index contributed by atoms with van der Waals surface area (Å²) in [4.78, 5) is 45.3. The van der Waals surface area contributed by atoms with E-state index in [1.54, 1.807) is 24.7 Å². The summed E-state index contributed by atoms with van der Waals surface area (Å²) in [5.41, 5.74) is 1.80. The quantitative estimate of drug-likeness (QED) is 0.821. The second-order valence-corrected chi connectivity index (χ2v) is 8.07. The van der Waals surface area contributed by atoms with Gasteiger partial charge in [0.15, 0.2) is 5.65 Å². The van der Waals surface area contributed by atoms with E-state index in [1.165, 1.54) is 6.20 Å². The predicted molar refractivity (Wildman–Crippen MR) is 110 cm³/mol. The van der Waals surface area contributed by atoms with Crippen molar-refractivity contribution in [3.8, 4) is 0 Å². The van der Waals surface area contributed by atoms with Crippen molar-refractivity contribution in [2.24, 2.45) is 5.92 Å². The van der Waals surface area contributed by atoms with Gasteiger partial charge >= 0.3 is 0 Å². The summed E-state index contributed by atoms with van der Waals surface area (Å²) in [6.07, 6.45) is 7.48. The molecule has 160 valence electrons. The number of carbonyl (C=O) groups excluding carboxylic acids is 3. The van der Waals surface area contributed by atoms with Crippen molar-refractivity contribution in [2.45, 2.75) is 45.1 Å². The van der Waals surface area contributed by atoms with Crippen LogP contribution in [-0.4, -0.2) is 68.8 Å². The van der Waals surface area contributed by atoms with Crippen LogP contribution in [-0.2, 0) is 9.59 Å². The number of rotatable bonds is 3. The van der Waals surface area contributed by atoms with Crippen molar-refractivity contribution < 1.29 is 14.4 Å². The van der Waals surface area contributed by atoms with Gasteiger partial charge in [-0.25, -0.2) is 9.50 Å². The average molecular weight is 412 g/mol. The lowest BCUT2D eigenvalue weighted by atomic mass is 9.91. The van der Waals surface area contributed by atoms with Crippen LogP contribution in [0.15, 0.2) is 18.5 Å². The van der Waals surface area contributed by atoms with Crippen molar-refractivity contribution in [2.75, 3.05) is 26.7 Å². The second-order valence-electron chi connectivity index (χ2n) is 8.07. The highest BCUT2D eigenvalue weighted by Crippen LogP contribution is 2.34. The lowest BCUT2D eigenvalue weighted by Gasteiger charge is -2.40. The van der Waals surface area contributed by atoms with E-state index >= 15 is 0 Å². The number of piperidine rings is 2. The largest absolute Gasteiger partial charge is 0.355 e. The van der Waals surface area contributed by atoms with Gasteiger partial charge in [-0.3, -0.25) is 14.4 Å². The first-order valence-corrected chi connectivity index (χ1v) is 10.6. The highest BCUT2D eigenvalue weighted by Gasteiger charge is 2.35. The zero-order valence-electron chi connectivity index (χ0n) is 17.5. The molecule has 2 aromatic heterocycles. The van der Waals surface area contributed by atoms with Crippen LogP contribution in [0.4, 0.5) is 0 Å². The molecule has 0 aliphatic carbocycles. The topological polar surface area (TPSA) is 99.9 Å². The number of likely N-dealkylation sites (tertiary alicyclic amines) is 2. The van der Waals surface area contributed by atoms with E-state index < -0.39 is 0 Å². The number of amides is 3. The number of carbonyl (C=O) groups is 3. The van der Waals surface area contributed by atoms with Crippen LogP contribution in [0.5, 0.6) is 0 Å². The summed E-state index contributed by atoms with van der Waals surface area (Å²) >= 11 is 0. The van der Waals surface area contributed by atoms with Crippen LogP contribution >= 0.6 is 0 Å². The molecular formula is C21H28N6O3. The van der Waals surface area contributed by atoms with Crippen molar-refractivity contribution >= 4 is 23.4 Å². The fourth-order valence-corrected chi connectivity index (χ4v) is 4.64. The van der Waals surface area contributed by atoms with Gasteiger partial charge in [-0.15, -0.1) is 0 Å². The molecule has 3 amide bonds. The fraction of sp³-hybridized carbons (Fsp3) is 0.571. The van der Waals surface area contributed by atoms with Crippen LogP contribution in [0.3, 0.4) is 0 Å². The van der Waals surface area contributed by atoms with Crippen LogP contribution in [0, 0.1) is 5.92 Å². The molecule has 2 saturated heterocycles. The standard InChI is InChI=1S/C21H28N6O3/c1-14(28)25-11-7-15(8-12-25)21(30)26-10-4-3-5-17(26)18-6-9-23-19-16(20(29)22-2)13-24-27(18)19/h6,9,13,15,17H,3-5,7-8,10-12H2,1-2H3,(H,22,29)/t17-/m1/s1. The molecule has 0 unspecified atom stereocenters. The van der Waals surface area contributed by atoms with E-state index in [4.69, 9.17) is 0 Å². The van der Waals surface area contributed by atoms with E-state index in [2.05, 4.69) is 15.4 Å². The molecule has 4 rings (SSSR count). The maximum Gasteiger partial charge on any atom is 0.256 e. The molecule has 0 saturated carbocycles. The Bertz CT molecular complexity index is 963. The molecule has 0 spiro atoms. The third-order valence-electron chi connectivity index (χ3n) is 6.32. The van der Waals surface area contributed by atoms with Gasteiger partial charge in [0.2, 0.25) is 11.8 Å². The number of hydrogen-bond acceptors (Lipinski definition) is 5. The first-order valence-electron chi connectivity index (χ1n) is 10.6. The smallest absolute Gasteiger partial charge is 0.256 e. The van der Waals surface area contributed by atoms with Crippen LogP contribution < -0.4 is 5.32 Å². The summed E-state index contributed by atoms with van der Waals surface area (Å²) in [6, 6.07) is 1.79. The molecule has 9 heteroatoms. The summed E-state index contributed by atoms with van der Waals surface area (Å²) in [5.74, 6) is -0.0610.